The average Bonchev–Trinajstić information content (AvgIpc) is 3.22. The summed E-state index contributed by atoms with van der Waals surface area (Å²) in [6, 6.07) is 4.35. The summed E-state index contributed by atoms with van der Waals surface area (Å²) in [7, 11) is 0. The lowest BCUT2D eigenvalue weighted by atomic mass is 9.99. The van der Waals surface area contributed by atoms with E-state index in [2.05, 4.69) is 20.3 Å². The minimum Gasteiger partial charge on any atom is -0.439 e. The molecular weight excluding hydrogens is 356 g/mol. The Bertz CT molecular complexity index is 1030. The third-order valence-electron chi connectivity index (χ3n) is 5.72. The molecule has 8 nitrogen and oxygen atoms in total. The predicted molar refractivity (Wildman–Crippen MR) is 105 cm³/mol. The Kier molecular flexibility index (Phi) is 4.01. The van der Waals surface area contributed by atoms with Gasteiger partial charge in [0.1, 0.15) is 11.5 Å². The van der Waals surface area contributed by atoms with E-state index < -0.39 is 0 Å². The maximum absolute atomic E-state index is 12.9. The molecule has 5 rings (SSSR count). The number of rotatable bonds is 2. The van der Waals surface area contributed by atoms with Crippen molar-refractivity contribution in [1.82, 2.24) is 19.9 Å². The third kappa shape index (κ3) is 2.99. The van der Waals surface area contributed by atoms with E-state index in [1.807, 2.05) is 17.0 Å². The molecule has 2 saturated heterocycles. The minimum absolute atomic E-state index is 0.0913. The van der Waals surface area contributed by atoms with Crippen molar-refractivity contribution >= 4 is 22.6 Å². The van der Waals surface area contributed by atoms with Crippen LogP contribution in [0.5, 0.6) is 0 Å². The van der Waals surface area contributed by atoms with Gasteiger partial charge in [-0.05, 0) is 43.2 Å². The Balaban J connectivity index is 1.39. The number of nitrogens with two attached hydrogens (primary N) is 1. The number of oxazole rings is 1. The van der Waals surface area contributed by atoms with Crippen molar-refractivity contribution < 1.29 is 9.21 Å². The fourth-order valence-corrected chi connectivity index (χ4v) is 4.45. The smallest absolute Gasteiger partial charge is 0.323 e. The van der Waals surface area contributed by atoms with E-state index in [0.717, 1.165) is 36.5 Å². The number of hydrogen-bond acceptors (Lipinski definition) is 6. The Morgan fingerprint density at radius 1 is 1.11 bits per heavy atom. The molecule has 0 radical (unpaired) electrons. The first-order valence-corrected chi connectivity index (χ1v) is 9.60. The van der Waals surface area contributed by atoms with Crippen LogP contribution in [0.25, 0.3) is 22.2 Å². The van der Waals surface area contributed by atoms with E-state index in [0.29, 0.717) is 23.2 Å². The quantitative estimate of drug-likeness (QED) is 0.709. The van der Waals surface area contributed by atoms with Crippen molar-refractivity contribution in [3.8, 4) is 11.5 Å². The highest BCUT2D eigenvalue weighted by atomic mass is 16.4. The highest BCUT2D eigenvalue weighted by Gasteiger charge is 2.42. The topological polar surface area (TPSA) is 110 Å². The summed E-state index contributed by atoms with van der Waals surface area (Å²) in [5.74, 6) is 1.73. The standard InChI is InChI=1S/C20H22N6O2/c1-11-22-10-18(28-11)17-4-12-5-19(24-9-13(12)8-23-17)25-20(27)26-15-2-3-16(26)7-14(21)6-15/h4-5,8-10,14-16H,2-3,6-7,21H2,1H3,(H,24,25,27)/t14?,15-,16+. The lowest BCUT2D eigenvalue weighted by Crippen LogP contribution is -2.51. The van der Waals surface area contributed by atoms with E-state index in [1.165, 1.54) is 0 Å². The van der Waals surface area contributed by atoms with Gasteiger partial charge in [-0.25, -0.2) is 14.8 Å². The largest absolute Gasteiger partial charge is 0.439 e. The van der Waals surface area contributed by atoms with Crippen LogP contribution >= 0.6 is 0 Å². The van der Waals surface area contributed by atoms with Gasteiger partial charge in [-0.3, -0.25) is 10.3 Å². The monoisotopic (exact) mass is 378 g/mol. The molecule has 3 aromatic rings. The van der Waals surface area contributed by atoms with Crippen LogP contribution in [0.3, 0.4) is 0 Å². The minimum atomic E-state index is -0.0913. The summed E-state index contributed by atoms with van der Waals surface area (Å²) in [6.45, 7) is 1.79. The molecule has 144 valence electrons. The Morgan fingerprint density at radius 2 is 1.86 bits per heavy atom. The number of amides is 2. The molecule has 0 spiro atoms. The number of piperidine rings is 1. The zero-order valence-electron chi connectivity index (χ0n) is 15.6. The molecule has 3 atom stereocenters. The highest BCUT2D eigenvalue weighted by Crippen LogP contribution is 2.35. The molecule has 8 heteroatoms. The number of hydrogen-bond donors (Lipinski definition) is 2. The maximum Gasteiger partial charge on any atom is 0.323 e. The van der Waals surface area contributed by atoms with Crippen molar-refractivity contribution in [3.63, 3.8) is 0 Å². The second-order valence-electron chi connectivity index (χ2n) is 7.68. The molecule has 2 aliphatic heterocycles. The van der Waals surface area contributed by atoms with Gasteiger partial charge >= 0.3 is 6.03 Å². The highest BCUT2D eigenvalue weighted by molar-refractivity contribution is 5.92. The van der Waals surface area contributed by atoms with Gasteiger partial charge < -0.3 is 15.1 Å². The van der Waals surface area contributed by atoms with Crippen LogP contribution in [0.4, 0.5) is 10.6 Å². The molecule has 5 heterocycles. The summed E-state index contributed by atoms with van der Waals surface area (Å²) in [4.78, 5) is 27.7. The number of carbonyl (C=O) groups is 1. The molecule has 0 saturated carbocycles. The second kappa shape index (κ2) is 6.56. The number of anilines is 1. The zero-order chi connectivity index (χ0) is 19.3. The number of carbonyl (C=O) groups excluding carboxylic acids is 1. The van der Waals surface area contributed by atoms with Gasteiger partial charge in [0.25, 0.3) is 0 Å². The van der Waals surface area contributed by atoms with Gasteiger partial charge in [-0.1, -0.05) is 0 Å². The first-order chi connectivity index (χ1) is 13.6. The zero-order valence-corrected chi connectivity index (χ0v) is 15.6. The predicted octanol–water partition coefficient (Wildman–Crippen LogP) is 3.08. The first-order valence-electron chi connectivity index (χ1n) is 9.60. The van der Waals surface area contributed by atoms with E-state index >= 15 is 0 Å². The first kappa shape index (κ1) is 17.1. The van der Waals surface area contributed by atoms with Crippen molar-refractivity contribution in [2.45, 2.75) is 50.7 Å². The Morgan fingerprint density at radius 3 is 2.57 bits per heavy atom. The van der Waals surface area contributed by atoms with E-state index in [-0.39, 0.29) is 24.2 Å². The van der Waals surface area contributed by atoms with Crippen molar-refractivity contribution in [1.29, 1.82) is 0 Å². The van der Waals surface area contributed by atoms with E-state index in [1.54, 1.807) is 25.5 Å². The summed E-state index contributed by atoms with van der Waals surface area (Å²) >= 11 is 0. The van der Waals surface area contributed by atoms with Crippen molar-refractivity contribution in [2.24, 2.45) is 5.73 Å². The van der Waals surface area contributed by atoms with Crippen LogP contribution in [0, 0.1) is 6.92 Å². The number of nitrogens with one attached hydrogen (secondary N) is 1. The number of nitrogens with zero attached hydrogens (tertiary/aromatic N) is 4. The average molecular weight is 378 g/mol. The molecule has 3 N–H and O–H groups in total. The Hall–Kier alpha value is -3.00. The molecule has 2 amide bonds. The normalized spacial score (nSPS) is 23.9. The van der Waals surface area contributed by atoms with Crippen LogP contribution in [0.1, 0.15) is 31.6 Å². The van der Waals surface area contributed by atoms with Gasteiger partial charge in [0, 0.05) is 42.8 Å². The number of aryl methyl sites for hydroxylation is 1. The molecular formula is C20H22N6O2. The van der Waals surface area contributed by atoms with Crippen LogP contribution < -0.4 is 11.1 Å². The summed E-state index contributed by atoms with van der Waals surface area (Å²) in [5.41, 5.74) is 6.80. The molecule has 1 unspecified atom stereocenters. The van der Waals surface area contributed by atoms with E-state index in [9.17, 15) is 4.79 Å². The summed E-state index contributed by atoms with van der Waals surface area (Å²) in [6.07, 6.45) is 8.93. The molecule has 2 aliphatic rings. The molecule has 28 heavy (non-hydrogen) atoms. The molecule has 2 bridgehead atoms. The van der Waals surface area contributed by atoms with Gasteiger partial charge in [0.05, 0.1) is 6.20 Å². The van der Waals surface area contributed by atoms with E-state index in [4.69, 9.17) is 10.2 Å². The fraction of sp³-hybridized carbons (Fsp3) is 0.400. The number of pyridine rings is 2. The summed E-state index contributed by atoms with van der Waals surface area (Å²) < 4.78 is 5.56. The number of aromatic nitrogens is 3. The molecule has 0 aromatic carbocycles. The van der Waals surface area contributed by atoms with Crippen LogP contribution in [0.15, 0.2) is 35.1 Å². The van der Waals surface area contributed by atoms with Gasteiger partial charge in [-0.15, -0.1) is 0 Å². The van der Waals surface area contributed by atoms with Gasteiger partial charge in [0.15, 0.2) is 11.7 Å². The molecule has 0 aliphatic carbocycles. The molecule has 3 aromatic heterocycles. The second-order valence-corrected chi connectivity index (χ2v) is 7.68. The molecule has 2 fully saturated rings. The van der Waals surface area contributed by atoms with Gasteiger partial charge in [-0.2, -0.15) is 0 Å². The lowest BCUT2D eigenvalue weighted by Gasteiger charge is -2.37. The maximum atomic E-state index is 12.9. The SMILES string of the molecule is Cc1ncc(-c2cc3cc(NC(=O)N4[C@@H]5CC[C@H]4CC(N)C5)ncc3cn2)o1. The lowest BCUT2D eigenvalue weighted by molar-refractivity contribution is 0.150. The Labute approximate surface area is 162 Å². The van der Waals surface area contributed by atoms with Crippen molar-refractivity contribution in [3.05, 3.63) is 36.6 Å². The van der Waals surface area contributed by atoms with Crippen LogP contribution in [-0.2, 0) is 0 Å². The summed E-state index contributed by atoms with van der Waals surface area (Å²) in [5, 5.41) is 4.78. The van der Waals surface area contributed by atoms with Crippen molar-refractivity contribution in [2.75, 3.05) is 5.32 Å². The fourth-order valence-electron chi connectivity index (χ4n) is 4.45. The van der Waals surface area contributed by atoms with Crippen LogP contribution in [0.2, 0.25) is 0 Å². The van der Waals surface area contributed by atoms with Gasteiger partial charge in [0.2, 0.25) is 0 Å². The number of fused-ring (bicyclic) bond motifs is 3. The van der Waals surface area contributed by atoms with Crippen LogP contribution in [-0.4, -0.2) is 44.0 Å². The number of urea groups is 1. The third-order valence-corrected chi connectivity index (χ3v) is 5.72.